The van der Waals surface area contributed by atoms with Gasteiger partial charge in [0.1, 0.15) is 0 Å². The Morgan fingerprint density at radius 1 is 1.09 bits per heavy atom. The van der Waals surface area contributed by atoms with Crippen LogP contribution in [0.2, 0.25) is 0 Å². The molecule has 1 amide bonds. The molecule has 0 aliphatic rings. The van der Waals surface area contributed by atoms with Crippen molar-refractivity contribution in [2.45, 2.75) is 13.8 Å². The van der Waals surface area contributed by atoms with Crippen LogP contribution in [0.25, 0.3) is 11.6 Å². The molecule has 0 fully saturated rings. The minimum atomic E-state index is -0.261. The number of hydrogen-bond acceptors (Lipinski definition) is 4. The summed E-state index contributed by atoms with van der Waals surface area (Å²) in [6, 6.07) is 21.3. The van der Waals surface area contributed by atoms with Gasteiger partial charge in [-0.1, -0.05) is 42.0 Å². The Morgan fingerprint density at radius 3 is 2.50 bits per heavy atom. The average molecular weight is 538 g/mol. The molecule has 3 rings (SSSR count). The van der Waals surface area contributed by atoms with E-state index in [0.717, 1.165) is 31.5 Å². The lowest BCUT2D eigenvalue weighted by atomic mass is 10.0. The lowest BCUT2D eigenvalue weighted by molar-refractivity contribution is -0.118. The van der Waals surface area contributed by atoms with E-state index in [-0.39, 0.29) is 12.5 Å². The number of halogens is 1. The van der Waals surface area contributed by atoms with Crippen molar-refractivity contribution in [1.82, 2.24) is 0 Å². The molecule has 0 aliphatic carbocycles. The van der Waals surface area contributed by atoms with E-state index >= 15 is 0 Å². The van der Waals surface area contributed by atoms with Crippen LogP contribution >= 0.6 is 22.6 Å². The van der Waals surface area contributed by atoms with Crippen LogP contribution in [0.15, 0.2) is 60.7 Å². The van der Waals surface area contributed by atoms with E-state index in [9.17, 15) is 10.1 Å². The van der Waals surface area contributed by atoms with Crippen LogP contribution in [0.4, 0.5) is 5.69 Å². The molecule has 0 aromatic heterocycles. The predicted molar refractivity (Wildman–Crippen MR) is 136 cm³/mol. The summed E-state index contributed by atoms with van der Waals surface area (Å²) in [4.78, 5) is 12.3. The molecule has 0 unspecified atom stereocenters. The molecule has 3 aromatic carbocycles. The number of nitriles is 1. The minimum Gasteiger partial charge on any atom is -0.493 e. The third-order valence-corrected chi connectivity index (χ3v) is 5.50. The molecule has 0 saturated carbocycles. The first-order valence-electron chi connectivity index (χ1n) is 9.95. The summed E-state index contributed by atoms with van der Waals surface area (Å²) in [6.07, 6.45) is 1.81. The number of rotatable bonds is 7. The van der Waals surface area contributed by atoms with E-state index in [2.05, 4.69) is 34.0 Å². The van der Waals surface area contributed by atoms with Crippen LogP contribution in [0.3, 0.4) is 0 Å². The topological polar surface area (TPSA) is 71.3 Å². The molecule has 0 saturated heterocycles. The quantitative estimate of drug-likeness (QED) is 0.228. The number of anilines is 1. The molecule has 162 valence electrons. The maximum atomic E-state index is 12.3. The number of benzene rings is 3. The molecule has 0 aliphatic heterocycles. The summed E-state index contributed by atoms with van der Waals surface area (Å²) < 4.78 is 12.0. The van der Waals surface area contributed by atoms with Crippen LogP contribution in [0, 0.1) is 28.7 Å². The molecular weight excluding hydrogens is 515 g/mol. The fraction of sp³-hybridized carbons (Fsp3) is 0.154. The number of methoxy groups -OCH3 is 1. The molecule has 0 heterocycles. The first-order chi connectivity index (χ1) is 15.4. The average Bonchev–Trinajstić information content (AvgIpc) is 2.77. The number of aryl methyl sites for hydroxylation is 2. The summed E-state index contributed by atoms with van der Waals surface area (Å²) in [5, 5.41) is 12.4. The van der Waals surface area contributed by atoms with Gasteiger partial charge in [0.2, 0.25) is 0 Å². The van der Waals surface area contributed by atoms with E-state index in [1.165, 1.54) is 0 Å². The molecule has 32 heavy (non-hydrogen) atoms. The smallest absolute Gasteiger partial charge is 0.262 e. The van der Waals surface area contributed by atoms with Gasteiger partial charge >= 0.3 is 0 Å². The highest BCUT2D eigenvalue weighted by Crippen LogP contribution is 2.35. The molecule has 5 nitrogen and oxygen atoms in total. The fourth-order valence-corrected chi connectivity index (χ4v) is 3.88. The van der Waals surface area contributed by atoms with Crippen molar-refractivity contribution in [3.8, 4) is 17.6 Å². The second-order valence-electron chi connectivity index (χ2n) is 7.28. The molecule has 0 spiro atoms. The van der Waals surface area contributed by atoms with Gasteiger partial charge in [0.25, 0.3) is 5.91 Å². The predicted octanol–water partition coefficient (Wildman–Crippen LogP) is 6.00. The van der Waals surface area contributed by atoms with Gasteiger partial charge < -0.3 is 14.8 Å². The van der Waals surface area contributed by atoms with Crippen molar-refractivity contribution in [3.63, 3.8) is 0 Å². The Bertz CT molecular complexity index is 1190. The Labute approximate surface area is 201 Å². The number of carbonyl (C=O) groups is 1. The highest BCUT2D eigenvalue weighted by molar-refractivity contribution is 14.1. The van der Waals surface area contributed by atoms with Crippen LogP contribution in [0.5, 0.6) is 11.5 Å². The first kappa shape index (κ1) is 23.4. The Kier molecular flexibility index (Phi) is 7.90. The van der Waals surface area contributed by atoms with E-state index in [1.807, 2.05) is 74.5 Å². The van der Waals surface area contributed by atoms with Crippen molar-refractivity contribution in [1.29, 1.82) is 5.26 Å². The molecule has 0 atom stereocenters. The van der Waals surface area contributed by atoms with Gasteiger partial charge in [-0.25, -0.2) is 0 Å². The monoisotopic (exact) mass is 538 g/mol. The molecule has 3 aromatic rings. The number of allylic oxidation sites excluding steroid dienone is 1. The molecule has 0 radical (unpaired) electrons. The molecule has 1 N–H and O–H groups in total. The van der Waals surface area contributed by atoms with Crippen molar-refractivity contribution >= 4 is 45.8 Å². The molecular formula is C26H23IN2O3. The largest absolute Gasteiger partial charge is 0.493 e. The van der Waals surface area contributed by atoms with Gasteiger partial charge in [-0.3, -0.25) is 4.79 Å². The van der Waals surface area contributed by atoms with Crippen molar-refractivity contribution in [2.24, 2.45) is 0 Å². The fourth-order valence-electron chi connectivity index (χ4n) is 3.10. The molecule has 0 bridgehead atoms. The van der Waals surface area contributed by atoms with Gasteiger partial charge in [-0.2, -0.15) is 5.26 Å². The maximum absolute atomic E-state index is 12.3. The number of nitrogens with one attached hydrogen (secondary N) is 1. The van der Waals surface area contributed by atoms with Gasteiger partial charge in [0.15, 0.2) is 18.1 Å². The van der Waals surface area contributed by atoms with Gasteiger partial charge in [0, 0.05) is 5.69 Å². The number of amides is 1. The van der Waals surface area contributed by atoms with E-state index in [4.69, 9.17) is 9.47 Å². The van der Waals surface area contributed by atoms with Gasteiger partial charge in [0.05, 0.1) is 22.3 Å². The first-order valence-corrected chi connectivity index (χ1v) is 11.0. The Morgan fingerprint density at radius 2 is 1.84 bits per heavy atom. The lowest BCUT2D eigenvalue weighted by Gasteiger charge is -2.14. The minimum absolute atomic E-state index is 0.150. The normalized spacial score (nSPS) is 10.9. The van der Waals surface area contributed by atoms with E-state index < -0.39 is 0 Å². The van der Waals surface area contributed by atoms with Crippen molar-refractivity contribution in [3.05, 3.63) is 86.5 Å². The van der Waals surface area contributed by atoms with Crippen LogP contribution < -0.4 is 14.8 Å². The zero-order valence-corrected chi connectivity index (χ0v) is 20.3. The van der Waals surface area contributed by atoms with E-state index in [1.54, 1.807) is 13.2 Å². The van der Waals surface area contributed by atoms with Gasteiger partial charge in [-0.15, -0.1) is 0 Å². The highest BCUT2D eigenvalue weighted by atomic mass is 127. The highest BCUT2D eigenvalue weighted by Gasteiger charge is 2.14. The van der Waals surface area contributed by atoms with Crippen molar-refractivity contribution in [2.75, 3.05) is 19.0 Å². The number of carbonyl (C=O) groups excluding carboxylic acids is 1. The zero-order chi connectivity index (χ0) is 23.1. The van der Waals surface area contributed by atoms with Gasteiger partial charge in [-0.05, 0) is 83.5 Å². The Balaban J connectivity index is 1.78. The number of ether oxygens (including phenoxy) is 2. The number of nitrogens with zero attached hydrogens (tertiary/aromatic N) is 1. The summed E-state index contributed by atoms with van der Waals surface area (Å²) in [6.45, 7) is 3.82. The van der Waals surface area contributed by atoms with Crippen molar-refractivity contribution < 1.29 is 14.3 Å². The second kappa shape index (κ2) is 10.8. The Hall–Kier alpha value is -3.31. The summed E-state index contributed by atoms with van der Waals surface area (Å²) >= 11 is 2.14. The third kappa shape index (κ3) is 6.11. The van der Waals surface area contributed by atoms with Crippen LogP contribution in [0.1, 0.15) is 22.3 Å². The number of hydrogen-bond donors (Lipinski definition) is 1. The zero-order valence-electron chi connectivity index (χ0n) is 18.1. The third-order valence-electron chi connectivity index (χ3n) is 4.70. The lowest BCUT2D eigenvalue weighted by Crippen LogP contribution is -2.20. The molecule has 6 heteroatoms. The SMILES string of the molecule is COc1cc(/C=C(\C#N)c2ccc(C)cc2)cc(I)c1OCC(=O)Nc1cccc(C)c1. The summed E-state index contributed by atoms with van der Waals surface area (Å²) in [5.74, 6) is 0.717. The van der Waals surface area contributed by atoms with E-state index in [0.29, 0.717) is 17.1 Å². The van der Waals surface area contributed by atoms with Crippen LogP contribution in [-0.2, 0) is 4.79 Å². The standard InChI is InChI=1S/C26H23IN2O3/c1-17-7-9-20(10-8-17)21(15-28)12-19-13-23(27)26(24(14-19)31-3)32-16-25(30)29-22-6-4-5-18(2)11-22/h4-14H,16H2,1-3H3,(H,29,30)/b21-12+. The summed E-state index contributed by atoms with van der Waals surface area (Å²) in [7, 11) is 1.55. The summed E-state index contributed by atoms with van der Waals surface area (Å²) in [5.41, 5.74) is 5.12. The maximum Gasteiger partial charge on any atom is 0.262 e. The second-order valence-corrected chi connectivity index (χ2v) is 8.44. The van der Waals surface area contributed by atoms with Crippen LogP contribution in [-0.4, -0.2) is 19.6 Å².